The van der Waals surface area contributed by atoms with Crippen LogP contribution in [0.3, 0.4) is 0 Å². The maximum Gasteiger partial charge on any atom is 0.222 e. The third-order valence-electron chi connectivity index (χ3n) is 3.63. The van der Waals surface area contributed by atoms with E-state index >= 15 is 0 Å². The molecular weight excluding hydrogens is 254 g/mol. The van der Waals surface area contributed by atoms with E-state index in [2.05, 4.69) is 0 Å². The first-order valence-corrected chi connectivity index (χ1v) is 7.37. The quantitative estimate of drug-likeness (QED) is 0.895. The Labute approximate surface area is 120 Å². The van der Waals surface area contributed by atoms with Crippen molar-refractivity contribution in [1.82, 2.24) is 4.90 Å². The molecule has 20 heavy (non-hydrogen) atoms. The van der Waals surface area contributed by atoms with Crippen LogP contribution >= 0.6 is 0 Å². The molecule has 110 valence electrons. The number of ether oxygens (including phenoxy) is 1. The van der Waals surface area contributed by atoms with E-state index in [4.69, 9.17) is 4.74 Å². The van der Waals surface area contributed by atoms with Gasteiger partial charge in [0.2, 0.25) is 5.91 Å². The van der Waals surface area contributed by atoms with Crippen LogP contribution in [-0.2, 0) is 11.2 Å². The smallest absolute Gasteiger partial charge is 0.222 e. The Bertz CT molecular complexity index is 447. The van der Waals surface area contributed by atoms with Gasteiger partial charge < -0.3 is 14.7 Å². The van der Waals surface area contributed by atoms with E-state index in [0.717, 1.165) is 30.7 Å². The minimum Gasteiger partial charge on any atom is -0.494 e. The van der Waals surface area contributed by atoms with Crippen LogP contribution < -0.4 is 4.74 Å². The number of carbonyl (C=O) groups excluding carboxylic acids is 1. The Morgan fingerprint density at radius 3 is 3.00 bits per heavy atom. The van der Waals surface area contributed by atoms with Crippen molar-refractivity contribution < 1.29 is 14.6 Å². The molecule has 4 heteroatoms. The van der Waals surface area contributed by atoms with Gasteiger partial charge in [0.25, 0.3) is 0 Å². The summed E-state index contributed by atoms with van der Waals surface area (Å²) in [4.78, 5) is 13.9. The maximum absolute atomic E-state index is 12.2. The van der Waals surface area contributed by atoms with Crippen molar-refractivity contribution in [1.29, 1.82) is 0 Å². The van der Waals surface area contributed by atoms with E-state index in [1.54, 1.807) is 4.90 Å². The second kappa shape index (κ2) is 7.29. The SMILES string of the molecule is CCOc1ccccc1CCC(=O)N1CCCC(O)C1. The number of piperidine rings is 1. The summed E-state index contributed by atoms with van der Waals surface area (Å²) in [5.74, 6) is 0.983. The topological polar surface area (TPSA) is 49.8 Å². The maximum atomic E-state index is 12.2. The summed E-state index contributed by atoms with van der Waals surface area (Å²) in [6.45, 7) is 3.83. The third-order valence-corrected chi connectivity index (χ3v) is 3.63. The van der Waals surface area contributed by atoms with Gasteiger partial charge in [0.1, 0.15) is 5.75 Å². The largest absolute Gasteiger partial charge is 0.494 e. The summed E-state index contributed by atoms with van der Waals surface area (Å²) in [6, 6.07) is 7.85. The highest BCUT2D eigenvalue weighted by Gasteiger charge is 2.21. The molecule has 0 aromatic heterocycles. The van der Waals surface area contributed by atoms with Gasteiger partial charge in [-0.05, 0) is 37.8 Å². The molecule has 0 saturated carbocycles. The highest BCUT2D eigenvalue weighted by Crippen LogP contribution is 2.20. The van der Waals surface area contributed by atoms with Gasteiger partial charge in [-0.1, -0.05) is 18.2 Å². The second-order valence-corrected chi connectivity index (χ2v) is 5.18. The van der Waals surface area contributed by atoms with Crippen LogP contribution in [0.25, 0.3) is 0 Å². The van der Waals surface area contributed by atoms with Crippen LogP contribution in [0.5, 0.6) is 5.75 Å². The van der Waals surface area contributed by atoms with E-state index in [0.29, 0.717) is 26.0 Å². The number of β-amino-alcohol motifs (C(OH)–C–C–N with tert-alkyl or cyclic N) is 1. The molecule has 0 bridgehead atoms. The highest BCUT2D eigenvalue weighted by atomic mass is 16.5. The van der Waals surface area contributed by atoms with Crippen LogP contribution in [0.4, 0.5) is 0 Å². The fraction of sp³-hybridized carbons (Fsp3) is 0.562. The molecule has 1 N–H and O–H groups in total. The lowest BCUT2D eigenvalue weighted by Crippen LogP contribution is -2.42. The molecule has 1 heterocycles. The van der Waals surface area contributed by atoms with E-state index in [-0.39, 0.29) is 12.0 Å². The molecule has 1 saturated heterocycles. The van der Waals surface area contributed by atoms with Crippen LogP contribution in [0.15, 0.2) is 24.3 Å². The van der Waals surface area contributed by atoms with Gasteiger partial charge in [0, 0.05) is 19.5 Å². The number of benzene rings is 1. The number of aryl methyl sites for hydroxylation is 1. The monoisotopic (exact) mass is 277 g/mol. The van der Waals surface area contributed by atoms with Crippen molar-refractivity contribution in [2.75, 3.05) is 19.7 Å². The Hall–Kier alpha value is -1.55. The number of aliphatic hydroxyl groups excluding tert-OH is 1. The van der Waals surface area contributed by atoms with Gasteiger partial charge in [0.15, 0.2) is 0 Å². The van der Waals surface area contributed by atoms with Gasteiger partial charge in [-0.3, -0.25) is 4.79 Å². The van der Waals surface area contributed by atoms with E-state index in [1.165, 1.54) is 0 Å². The zero-order valence-electron chi connectivity index (χ0n) is 12.0. The average Bonchev–Trinajstić information content (AvgIpc) is 2.46. The Morgan fingerprint density at radius 1 is 1.45 bits per heavy atom. The third kappa shape index (κ3) is 3.97. The fourth-order valence-corrected chi connectivity index (χ4v) is 2.59. The first-order chi connectivity index (χ1) is 9.70. The molecule has 0 radical (unpaired) electrons. The lowest BCUT2D eigenvalue weighted by atomic mass is 10.1. The molecule has 1 amide bonds. The first kappa shape index (κ1) is 14.9. The molecule has 1 atom stereocenters. The number of hydrogen-bond acceptors (Lipinski definition) is 3. The highest BCUT2D eigenvalue weighted by molar-refractivity contribution is 5.76. The number of aliphatic hydroxyl groups is 1. The van der Waals surface area contributed by atoms with E-state index < -0.39 is 0 Å². The molecular formula is C16H23NO3. The molecule has 0 spiro atoms. The van der Waals surface area contributed by atoms with Gasteiger partial charge in [-0.2, -0.15) is 0 Å². The zero-order chi connectivity index (χ0) is 14.4. The van der Waals surface area contributed by atoms with Crippen molar-refractivity contribution in [3.8, 4) is 5.75 Å². The Balaban J connectivity index is 1.89. The van der Waals surface area contributed by atoms with Crippen molar-refractivity contribution in [3.63, 3.8) is 0 Å². The van der Waals surface area contributed by atoms with Gasteiger partial charge in [0.05, 0.1) is 12.7 Å². The standard InChI is InChI=1S/C16H23NO3/c1-2-20-15-8-4-3-6-13(15)9-10-16(19)17-11-5-7-14(18)12-17/h3-4,6,8,14,18H,2,5,7,9-12H2,1H3. The van der Waals surface area contributed by atoms with E-state index in [1.807, 2.05) is 31.2 Å². The minimum atomic E-state index is -0.358. The zero-order valence-corrected chi connectivity index (χ0v) is 12.0. The molecule has 1 aromatic carbocycles. The predicted molar refractivity (Wildman–Crippen MR) is 77.8 cm³/mol. The summed E-state index contributed by atoms with van der Waals surface area (Å²) in [7, 11) is 0. The van der Waals surface area contributed by atoms with Gasteiger partial charge in [-0.25, -0.2) is 0 Å². The number of rotatable bonds is 5. The molecule has 2 rings (SSSR count). The summed E-state index contributed by atoms with van der Waals surface area (Å²) < 4.78 is 5.57. The molecule has 4 nitrogen and oxygen atoms in total. The molecule has 1 aromatic rings. The van der Waals surface area contributed by atoms with E-state index in [9.17, 15) is 9.90 Å². The molecule has 1 fully saturated rings. The lowest BCUT2D eigenvalue weighted by Gasteiger charge is -2.30. The van der Waals surface area contributed by atoms with Gasteiger partial charge >= 0.3 is 0 Å². The van der Waals surface area contributed by atoms with Crippen molar-refractivity contribution in [2.45, 2.75) is 38.7 Å². The predicted octanol–water partition coefficient (Wildman–Crippen LogP) is 2.00. The number of amides is 1. The summed E-state index contributed by atoms with van der Waals surface area (Å²) in [5.41, 5.74) is 1.07. The van der Waals surface area contributed by atoms with Crippen molar-refractivity contribution in [3.05, 3.63) is 29.8 Å². The number of carbonyl (C=O) groups is 1. The molecule has 0 aliphatic carbocycles. The summed E-state index contributed by atoms with van der Waals surface area (Å²) in [6.07, 6.45) is 2.49. The molecule has 1 aliphatic rings. The minimum absolute atomic E-state index is 0.120. The van der Waals surface area contributed by atoms with Crippen molar-refractivity contribution in [2.24, 2.45) is 0 Å². The second-order valence-electron chi connectivity index (χ2n) is 5.18. The van der Waals surface area contributed by atoms with Crippen molar-refractivity contribution >= 4 is 5.91 Å². The van der Waals surface area contributed by atoms with Crippen LogP contribution in [-0.4, -0.2) is 41.7 Å². The molecule has 1 unspecified atom stereocenters. The number of nitrogens with zero attached hydrogens (tertiary/aromatic N) is 1. The first-order valence-electron chi connectivity index (χ1n) is 7.37. The number of para-hydroxylation sites is 1. The van der Waals surface area contributed by atoms with Crippen LogP contribution in [0.2, 0.25) is 0 Å². The fourth-order valence-electron chi connectivity index (χ4n) is 2.59. The van der Waals surface area contributed by atoms with Crippen LogP contribution in [0.1, 0.15) is 31.7 Å². The number of likely N-dealkylation sites (tertiary alicyclic amines) is 1. The molecule has 1 aliphatic heterocycles. The Kier molecular flexibility index (Phi) is 5.41. The Morgan fingerprint density at radius 2 is 2.25 bits per heavy atom. The average molecular weight is 277 g/mol. The number of hydrogen-bond donors (Lipinski definition) is 1. The lowest BCUT2D eigenvalue weighted by molar-refractivity contribution is -0.134. The van der Waals surface area contributed by atoms with Crippen LogP contribution in [0, 0.1) is 0 Å². The normalized spacial score (nSPS) is 18.9. The summed E-state index contributed by atoms with van der Waals surface area (Å²) >= 11 is 0. The van der Waals surface area contributed by atoms with Gasteiger partial charge in [-0.15, -0.1) is 0 Å². The summed E-state index contributed by atoms with van der Waals surface area (Å²) in [5, 5.41) is 9.61.